The topological polar surface area (TPSA) is 84.0 Å². The van der Waals surface area contributed by atoms with Gasteiger partial charge in [0.2, 0.25) is 5.88 Å². The maximum Gasteiger partial charge on any atom is 0.271 e. The van der Waals surface area contributed by atoms with Crippen LogP contribution in [0, 0.1) is 6.92 Å². The number of aromatic amines is 1. The van der Waals surface area contributed by atoms with Gasteiger partial charge in [0.1, 0.15) is 17.1 Å². The van der Waals surface area contributed by atoms with E-state index in [4.69, 9.17) is 4.74 Å². The van der Waals surface area contributed by atoms with E-state index in [-0.39, 0.29) is 11.8 Å². The normalized spacial score (nSPS) is 16.9. The average molecular weight is 363 g/mol. The molecule has 1 atom stereocenters. The van der Waals surface area contributed by atoms with Crippen molar-refractivity contribution in [3.05, 3.63) is 66.1 Å². The molecule has 7 heteroatoms. The summed E-state index contributed by atoms with van der Waals surface area (Å²) in [5.41, 5.74) is 2.42. The molecule has 1 N–H and O–H groups in total. The van der Waals surface area contributed by atoms with Crippen LogP contribution in [-0.2, 0) is 0 Å². The summed E-state index contributed by atoms with van der Waals surface area (Å²) in [6.07, 6.45) is 8.23. The fourth-order valence-electron chi connectivity index (χ4n) is 3.41. The largest absolute Gasteiger partial charge is 0.437 e. The van der Waals surface area contributed by atoms with Crippen LogP contribution in [0.25, 0.3) is 0 Å². The van der Waals surface area contributed by atoms with Crippen molar-refractivity contribution in [1.29, 1.82) is 0 Å². The number of hydrogen-bond donors (Lipinski definition) is 1. The fourth-order valence-corrected chi connectivity index (χ4v) is 3.41. The predicted octanol–water partition coefficient (Wildman–Crippen LogP) is 3.32. The third-order valence-electron chi connectivity index (χ3n) is 4.72. The molecule has 0 spiro atoms. The third-order valence-corrected chi connectivity index (χ3v) is 4.72. The molecular weight excluding hydrogens is 342 g/mol. The number of rotatable bonds is 4. The van der Waals surface area contributed by atoms with E-state index in [9.17, 15) is 4.79 Å². The van der Waals surface area contributed by atoms with E-state index >= 15 is 0 Å². The number of likely N-dealkylation sites (tertiary alicyclic amines) is 1. The minimum Gasteiger partial charge on any atom is -0.437 e. The van der Waals surface area contributed by atoms with Crippen molar-refractivity contribution in [1.82, 2.24) is 24.8 Å². The lowest BCUT2D eigenvalue weighted by Gasteiger charge is -2.32. The minimum atomic E-state index is -0.0396. The molecule has 1 aromatic carbocycles. The first kappa shape index (κ1) is 17.2. The number of piperidine rings is 1. The zero-order valence-corrected chi connectivity index (χ0v) is 15.1. The second-order valence-corrected chi connectivity index (χ2v) is 6.72. The van der Waals surface area contributed by atoms with E-state index < -0.39 is 0 Å². The summed E-state index contributed by atoms with van der Waals surface area (Å²) in [5, 5.41) is 0. The standard InChI is InChI=1S/C20H21N5O2/c1-14-4-2-6-16(10-14)27-19-18(22-7-8-23-19)15-5-3-9-25(12-15)20(26)17-11-21-13-24-17/h2,4,6-8,10-11,13,15H,3,5,9,12H2,1H3,(H,21,24). The Balaban J connectivity index is 1.55. The van der Waals surface area contributed by atoms with Gasteiger partial charge in [-0.25, -0.2) is 9.97 Å². The van der Waals surface area contributed by atoms with Crippen molar-refractivity contribution in [2.75, 3.05) is 13.1 Å². The molecule has 1 aliphatic heterocycles. The molecule has 1 aliphatic rings. The number of carbonyl (C=O) groups is 1. The molecule has 1 amide bonds. The Bertz CT molecular complexity index is 926. The van der Waals surface area contributed by atoms with Crippen molar-refractivity contribution < 1.29 is 9.53 Å². The number of aryl methyl sites for hydroxylation is 1. The number of benzene rings is 1. The van der Waals surface area contributed by atoms with Crippen LogP contribution < -0.4 is 4.74 Å². The van der Waals surface area contributed by atoms with Gasteiger partial charge in [-0.15, -0.1) is 0 Å². The van der Waals surface area contributed by atoms with Crippen LogP contribution in [0.1, 0.15) is 40.5 Å². The number of H-pyrrole nitrogens is 1. The average Bonchev–Trinajstić information content (AvgIpc) is 3.23. The number of aromatic nitrogens is 4. The molecule has 2 aromatic heterocycles. The molecule has 3 aromatic rings. The monoisotopic (exact) mass is 363 g/mol. The Morgan fingerprint density at radius 3 is 3.00 bits per heavy atom. The molecule has 0 saturated carbocycles. The van der Waals surface area contributed by atoms with Crippen LogP contribution in [0.2, 0.25) is 0 Å². The summed E-state index contributed by atoms with van der Waals surface area (Å²) in [7, 11) is 0. The lowest BCUT2D eigenvalue weighted by atomic mass is 9.94. The van der Waals surface area contributed by atoms with Gasteiger partial charge in [-0.3, -0.25) is 9.78 Å². The second kappa shape index (κ2) is 7.57. The molecule has 0 aliphatic carbocycles. The highest BCUT2D eigenvalue weighted by Crippen LogP contribution is 2.33. The Morgan fingerprint density at radius 2 is 2.19 bits per heavy atom. The van der Waals surface area contributed by atoms with Gasteiger partial charge in [0, 0.05) is 31.4 Å². The van der Waals surface area contributed by atoms with Crippen LogP contribution in [0.3, 0.4) is 0 Å². The van der Waals surface area contributed by atoms with Gasteiger partial charge in [-0.05, 0) is 37.5 Å². The predicted molar refractivity (Wildman–Crippen MR) is 99.8 cm³/mol. The Labute approximate surface area is 157 Å². The fraction of sp³-hybridized carbons (Fsp3) is 0.300. The first-order valence-electron chi connectivity index (χ1n) is 9.04. The molecule has 0 radical (unpaired) electrons. The lowest BCUT2D eigenvalue weighted by Crippen LogP contribution is -2.39. The van der Waals surface area contributed by atoms with E-state index in [1.807, 2.05) is 36.1 Å². The molecule has 7 nitrogen and oxygen atoms in total. The van der Waals surface area contributed by atoms with Crippen molar-refractivity contribution in [2.24, 2.45) is 0 Å². The highest BCUT2D eigenvalue weighted by Gasteiger charge is 2.29. The number of imidazole rings is 1. The van der Waals surface area contributed by atoms with Gasteiger partial charge in [-0.2, -0.15) is 0 Å². The van der Waals surface area contributed by atoms with E-state index in [1.54, 1.807) is 18.6 Å². The molecule has 138 valence electrons. The SMILES string of the molecule is Cc1cccc(Oc2nccnc2C2CCCN(C(=O)c3cnc[nH]3)C2)c1. The van der Waals surface area contributed by atoms with Gasteiger partial charge >= 0.3 is 0 Å². The van der Waals surface area contributed by atoms with Crippen LogP contribution in [-0.4, -0.2) is 43.8 Å². The van der Waals surface area contributed by atoms with Crippen LogP contribution in [0.15, 0.2) is 49.2 Å². The smallest absolute Gasteiger partial charge is 0.271 e. The molecule has 1 unspecified atom stereocenters. The van der Waals surface area contributed by atoms with Gasteiger partial charge in [0.15, 0.2) is 0 Å². The Kier molecular flexibility index (Phi) is 4.82. The van der Waals surface area contributed by atoms with Crippen molar-refractivity contribution >= 4 is 5.91 Å². The summed E-state index contributed by atoms with van der Waals surface area (Å²) >= 11 is 0. The highest BCUT2D eigenvalue weighted by molar-refractivity contribution is 5.92. The summed E-state index contributed by atoms with van der Waals surface area (Å²) in [6.45, 7) is 3.33. The molecule has 1 fully saturated rings. The number of carbonyl (C=O) groups excluding carboxylic acids is 1. The van der Waals surface area contributed by atoms with Gasteiger partial charge < -0.3 is 14.6 Å². The van der Waals surface area contributed by atoms with E-state index in [0.717, 1.165) is 36.4 Å². The van der Waals surface area contributed by atoms with E-state index in [2.05, 4.69) is 19.9 Å². The number of ether oxygens (including phenoxy) is 1. The van der Waals surface area contributed by atoms with Crippen LogP contribution in [0.5, 0.6) is 11.6 Å². The lowest BCUT2D eigenvalue weighted by molar-refractivity contribution is 0.0699. The summed E-state index contributed by atoms with van der Waals surface area (Å²) in [5.74, 6) is 1.28. The molecule has 27 heavy (non-hydrogen) atoms. The van der Waals surface area contributed by atoms with Crippen LogP contribution >= 0.6 is 0 Å². The molecule has 1 saturated heterocycles. The number of nitrogens with zero attached hydrogens (tertiary/aromatic N) is 4. The maximum absolute atomic E-state index is 12.6. The first-order chi connectivity index (χ1) is 13.2. The molecular formula is C20H21N5O2. The van der Waals surface area contributed by atoms with Gasteiger partial charge in [0.25, 0.3) is 5.91 Å². The van der Waals surface area contributed by atoms with Crippen molar-refractivity contribution in [2.45, 2.75) is 25.7 Å². The molecule has 3 heterocycles. The Hall–Kier alpha value is -3.22. The summed E-state index contributed by atoms with van der Waals surface area (Å²) < 4.78 is 6.02. The quantitative estimate of drug-likeness (QED) is 0.769. The first-order valence-corrected chi connectivity index (χ1v) is 9.04. The zero-order chi connectivity index (χ0) is 18.6. The van der Waals surface area contributed by atoms with E-state index in [1.165, 1.54) is 6.33 Å². The minimum absolute atomic E-state index is 0.0396. The number of nitrogens with one attached hydrogen (secondary N) is 1. The second-order valence-electron chi connectivity index (χ2n) is 6.72. The Morgan fingerprint density at radius 1 is 1.30 bits per heavy atom. The molecule has 4 rings (SSSR count). The van der Waals surface area contributed by atoms with Crippen molar-refractivity contribution in [3.8, 4) is 11.6 Å². The third kappa shape index (κ3) is 3.81. The molecule has 0 bridgehead atoms. The van der Waals surface area contributed by atoms with Crippen molar-refractivity contribution in [3.63, 3.8) is 0 Å². The van der Waals surface area contributed by atoms with Gasteiger partial charge in [-0.1, -0.05) is 12.1 Å². The zero-order valence-electron chi connectivity index (χ0n) is 15.1. The number of amides is 1. The van der Waals surface area contributed by atoms with E-state index in [0.29, 0.717) is 18.1 Å². The maximum atomic E-state index is 12.6. The summed E-state index contributed by atoms with van der Waals surface area (Å²) in [6, 6.07) is 7.84. The van der Waals surface area contributed by atoms with Crippen LogP contribution in [0.4, 0.5) is 0 Å². The highest BCUT2D eigenvalue weighted by atomic mass is 16.5. The summed E-state index contributed by atoms with van der Waals surface area (Å²) in [4.78, 5) is 30.2. The van der Waals surface area contributed by atoms with Gasteiger partial charge in [0.05, 0.1) is 12.5 Å². The number of hydrogen-bond acceptors (Lipinski definition) is 5.